The Balaban J connectivity index is 2.14. The average molecular weight is 433 g/mol. The van der Waals surface area contributed by atoms with Crippen molar-refractivity contribution in [3.8, 4) is 0 Å². The highest BCUT2D eigenvalue weighted by molar-refractivity contribution is 7.89. The van der Waals surface area contributed by atoms with Gasteiger partial charge in [-0.2, -0.15) is 4.31 Å². The minimum atomic E-state index is -4.00. The van der Waals surface area contributed by atoms with Gasteiger partial charge in [-0.1, -0.05) is 42.3 Å². The van der Waals surface area contributed by atoms with Crippen LogP contribution in [0.3, 0.4) is 0 Å². The molecular weight excluding hydrogens is 414 g/mol. The summed E-state index contributed by atoms with van der Waals surface area (Å²) < 4.78 is 39.7. The second kappa shape index (κ2) is 9.01. The summed E-state index contributed by atoms with van der Waals surface area (Å²) in [7, 11) is -4.00. The number of carbonyl (C=O) groups is 1. The van der Waals surface area contributed by atoms with Gasteiger partial charge in [0.1, 0.15) is 10.7 Å². The van der Waals surface area contributed by atoms with Gasteiger partial charge in [-0.25, -0.2) is 12.8 Å². The lowest BCUT2D eigenvalue weighted by atomic mass is 10.1. The highest BCUT2D eigenvalue weighted by atomic mass is 35.5. The normalized spacial score (nSPS) is 12.8. The van der Waals surface area contributed by atoms with Crippen LogP contribution in [0.2, 0.25) is 10.0 Å². The highest BCUT2D eigenvalue weighted by Gasteiger charge is 2.28. The zero-order chi connectivity index (χ0) is 20.2. The topological polar surface area (TPSA) is 66.5 Å². The minimum Gasteiger partial charge on any atom is -0.348 e. The van der Waals surface area contributed by atoms with Gasteiger partial charge in [-0.15, -0.1) is 0 Å². The van der Waals surface area contributed by atoms with E-state index in [9.17, 15) is 17.6 Å². The summed E-state index contributed by atoms with van der Waals surface area (Å²) in [4.78, 5) is 12.2. The van der Waals surface area contributed by atoms with E-state index >= 15 is 0 Å². The Morgan fingerprint density at radius 1 is 1.19 bits per heavy atom. The molecule has 1 atom stereocenters. The maximum atomic E-state index is 13.0. The van der Waals surface area contributed by atoms with Gasteiger partial charge in [0.05, 0.1) is 17.6 Å². The molecule has 27 heavy (non-hydrogen) atoms. The fourth-order valence-electron chi connectivity index (χ4n) is 2.46. The van der Waals surface area contributed by atoms with Crippen molar-refractivity contribution < 1.29 is 17.6 Å². The number of likely N-dealkylation sites (N-methyl/N-ethyl adjacent to an activating group) is 1. The standard InChI is InChI=1S/C18H19Cl2FN2O3S/c1-3-23(27(25,26)17-10-14(19)6-9-16(17)20)11-18(24)22-12(2)13-4-7-15(21)8-5-13/h4-10,12H,3,11H2,1-2H3,(H,22,24)/t12-/m1/s1. The summed E-state index contributed by atoms with van der Waals surface area (Å²) in [5, 5.41) is 2.95. The number of benzene rings is 2. The Morgan fingerprint density at radius 2 is 1.81 bits per heavy atom. The first kappa shape index (κ1) is 21.6. The van der Waals surface area contributed by atoms with Crippen molar-refractivity contribution in [2.45, 2.75) is 24.8 Å². The van der Waals surface area contributed by atoms with E-state index in [4.69, 9.17) is 23.2 Å². The number of rotatable bonds is 7. The van der Waals surface area contributed by atoms with Gasteiger partial charge in [0, 0.05) is 11.6 Å². The van der Waals surface area contributed by atoms with Crippen molar-refractivity contribution in [3.05, 3.63) is 63.9 Å². The second-order valence-electron chi connectivity index (χ2n) is 5.85. The van der Waals surface area contributed by atoms with Crippen LogP contribution in [-0.4, -0.2) is 31.7 Å². The molecule has 0 aromatic heterocycles. The Bertz CT molecular complexity index is 921. The lowest BCUT2D eigenvalue weighted by molar-refractivity contribution is -0.121. The lowest BCUT2D eigenvalue weighted by Crippen LogP contribution is -2.41. The van der Waals surface area contributed by atoms with Crippen molar-refractivity contribution in [2.75, 3.05) is 13.1 Å². The van der Waals surface area contributed by atoms with Gasteiger partial charge in [0.2, 0.25) is 15.9 Å². The van der Waals surface area contributed by atoms with E-state index in [2.05, 4.69) is 5.32 Å². The van der Waals surface area contributed by atoms with Crippen molar-refractivity contribution in [1.29, 1.82) is 0 Å². The van der Waals surface area contributed by atoms with Crippen LogP contribution < -0.4 is 5.32 Å². The molecule has 0 unspecified atom stereocenters. The van der Waals surface area contributed by atoms with Crippen LogP contribution in [0.5, 0.6) is 0 Å². The number of nitrogens with zero attached hydrogens (tertiary/aromatic N) is 1. The van der Waals surface area contributed by atoms with Crippen LogP contribution in [0.25, 0.3) is 0 Å². The third-order valence-electron chi connectivity index (χ3n) is 3.93. The maximum absolute atomic E-state index is 13.0. The molecule has 0 aliphatic rings. The number of hydrogen-bond acceptors (Lipinski definition) is 3. The fraction of sp³-hybridized carbons (Fsp3) is 0.278. The number of carbonyl (C=O) groups excluding carboxylic acids is 1. The van der Waals surface area contributed by atoms with Gasteiger partial charge in [-0.3, -0.25) is 4.79 Å². The predicted molar refractivity (Wildman–Crippen MR) is 104 cm³/mol. The first-order valence-corrected chi connectivity index (χ1v) is 10.3. The number of nitrogens with one attached hydrogen (secondary N) is 1. The van der Waals surface area contributed by atoms with Crippen LogP contribution in [0, 0.1) is 5.82 Å². The summed E-state index contributed by atoms with van der Waals surface area (Å²) in [5.74, 6) is -0.866. The molecule has 0 fully saturated rings. The molecule has 1 N–H and O–H groups in total. The zero-order valence-corrected chi connectivity index (χ0v) is 17.1. The van der Waals surface area contributed by atoms with E-state index in [1.54, 1.807) is 26.0 Å². The van der Waals surface area contributed by atoms with Crippen molar-refractivity contribution in [3.63, 3.8) is 0 Å². The first-order valence-electron chi connectivity index (χ1n) is 8.15. The van der Waals surface area contributed by atoms with E-state index in [0.717, 1.165) is 4.31 Å². The third-order valence-corrected chi connectivity index (χ3v) is 6.57. The van der Waals surface area contributed by atoms with Gasteiger partial charge in [0.15, 0.2) is 0 Å². The summed E-state index contributed by atoms with van der Waals surface area (Å²) >= 11 is 11.9. The number of hydrogen-bond donors (Lipinski definition) is 1. The maximum Gasteiger partial charge on any atom is 0.245 e. The SMILES string of the molecule is CCN(CC(=O)N[C@H](C)c1ccc(F)cc1)S(=O)(=O)c1cc(Cl)ccc1Cl. The molecule has 0 spiro atoms. The number of amides is 1. The first-order chi connectivity index (χ1) is 12.6. The smallest absolute Gasteiger partial charge is 0.245 e. The Labute approximate surface area is 168 Å². The summed E-state index contributed by atoms with van der Waals surface area (Å²) in [6.07, 6.45) is 0. The molecule has 5 nitrogen and oxygen atoms in total. The molecule has 2 rings (SSSR count). The van der Waals surface area contributed by atoms with Gasteiger partial charge in [-0.05, 0) is 42.8 Å². The monoisotopic (exact) mass is 432 g/mol. The summed E-state index contributed by atoms with van der Waals surface area (Å²) in [5.41, 5.74) is 0.702. The van der Waals surface area contributed by atoms with E-state index in [0.29, 0.717) is 5.56 Å². The van der Waals surface area contributed by atoms with Crippen LogP contribution in [0.4, 0.5) is 4.39 Å². The van der Waals surface area contributed by atoms with Crippen LogP contribution in [0.1, 0.15) is 25.5 Å². The molecule has 2 aromatic rings. The molecule has 0 aliphatic heterocycles. The van der Waals surface area contributed by atoms with Crippen molar-refractivity contribution >= 4 is 39.1 Å². The van der Waals surface area contributed by atoms with E-state index < -0.39 is 22.0 Å². The highest BCUT2D eigenvalue weighted by Crippen LogP contribution is 2.27. The van der Waals surface area contributed by atoms with Crippen molar-refractivity contribution in [2.24, 2.45) is 0 Å². The van der Waals surface area contributed by atoms with Crippen LogP contribution in [-0.2, 0) is 14.8 Å². The molecule has 9 heteroatoms. The fourth-order valence-corrected chi connectivity index (χ4v) is 4.61. The van der Waals surface area contributed by atoms with Crippen LogP contribution in [0.15, 0.2) is 47.4 Å². The summed E-state index contributed by atoms with van der Waals surface area (Å²) in [6, 6.07) is 9.41. The van der Waals surface area contributed by atoms with Gasteiger partial charge >= 0.3 is 0 Å². The Kier molecular flexibility index (Phi) is 7.22. The summed E-state index contributed by atoms with van der Waals surface area (Å²) in [6.45, 7) is 3.03. The zero-order valence-electron chi connectivity index (χ0n) is 14.7. The molecule has 0 radical (unpaired) electrons. The predicted octanol–water partition coefficient (Wildman–Crippen LogP) is 4.02. The van der Waals surface area contributed by atoms with Gasteiger partial charge in [0.25, 0.3) is 0 Å². The number of halogens is 3. The molecule has 0 bridgehead atoms. The van der Waals surface area contributed by atoms with E-state index in [-0.39, 0.29) is 33.8 Å². The quantitative estimate of drug-likeness (QED) is 0.718. The Hall–Kier alpha value is -1.67. The Morgan fingerprint density at radius 3 is 2.41 bits per heavy atom. The average Bonchev–Trinajstić information content (AvgIpc) is 2.61. The molecule has 2 aromatic carbocycles. The molecule has 146 valence electrons. The molecule has 1 amide bonds. The molecule has 0 saturated heterocycles. The second-order valence-corrected chi connectivity index (χ2v) is 8.60. The third kappa shape index (κ3) is 5.42. The van der Waals surface area contributed by atoms with E-state index in [1.807, 2.05) is 0 Å². The number of sulfonamides is 1. The molecule has 0 aliphatic carbocycles. The molecular formula is C18H19Cl2FN2O3S. The largest absolute Gasteiger partial charge is 0.348 e. The van der Waals surface area contributed by atoms with Gasteiger partial charge < -0.3 is 5.32 Å². The molecule has 0 saturated carbocycles. The minimum absolute atomic E-state index is 0.0259. The van der Waals surface area contributed by atoms with Crippen molar-refractivity contribution in [1.82, 2.24) is 9.62 Å². The lowest BCUT2D eigenvalue weighted by Gasteiger charge is -2.22. The van der Waals surface area contributed by atoms with E-state index in [1.165, 1.54) is 30.3 Å². The van der Waals surface area contributed by atoms with Crippen LogP contribution >= 0.6 is 23.2 Å². The molecule has 0 heterocycles.